The van der Waals surface area contributed by atoms with E-state index in [0.717, 1.165) is 11.5 Å². The summed E-state index contributed by atoms with van der Waals surface area (Å²) in [6.07, 6.45) is -1.98. The Kier molecular flexibility index (Phi) is 9.37. The highest BCUT2D eigenvalue weighted by Gasteiger charge is 2.40. The number of anilines is 1. The molecule has 0 saturated carbocycles. The van der Waals surface area contributed by atoms with E-state index in [0.29, 0.717) is 0 Å². The number of aromatic nitrogens is 2. The summed E-state index contributed by atoms with van der Waals surface area (Å²) in [4.78, 5) is 27.1. The van der Waals surface area contributed by atoms with Crippen LogP contribution in [-0.2, 0) is 23.4 Å². The zero-order valence-electron chi connectivity index (χ0n) is 16.9. The molecule has 0 saturated heterocycles. The molecule has 0 aromatic carbocycles. The lowest BCUT2D eigenvalue weighted by atomic mass is 10.2. The molecule has 0 aliphatic rings. The molecular weight excluding hydrogens is 410 g/mol. The molecule has 1 rings (SSSR count). The zero-order valence-corrected chi connectivity index (χ0v) is 17.9. The number of esters is 1. The minimum absolute atomic E-state index is 0.0152. The number of hydrogen-bond donors (Lipinski definition) is 3. The van der Waals surface area contributed by atoms with Crippen LogP contribution in [0.3, 0.4) is 0 Å². The van der Waals surface area contributed by atoms with Crippen LogP contribution in [-0.4, -0.2) is 51.3 Å². The maximum Gasteiger partial charge on any atom is 0.351 e. The summed E-state index contributed by atoms with van der Waals surface area (Å²) in [6.45, 7) is 6.25. The summed E-state index contributed by atoms with van der Waals surface area (Å²) >= 11 is 0. The van der Waals surface area contributed by atoms with Crippen LogP contribution in [0.4, 0.5) is 10.2 Å². The largest absolute Gasteiger partial charge is 0.462 e. The summed E-state index contributed by atoms with van der Waals surface area (Å²) in [5, 5.41) is 12.1. The molecule has 29 heavy (non-hydrogen) atoms. The second-order valence-electron chi connectivity index (χ2n) is 6.65. The van der Waals surface area contributed by atoms with Crippen LogP contribution in [0.2, 0.25) is 0 Å². The average Bonchev–Trinajstić information content (AvgIpc) is 2.59. The van der Waals surface area contributed by atoms with Gasteiger partial charge in [-0.3, -0.25) is 13.9 Å². The van der Waals surface area contributed by atoms with Gasteiger partial charge in [0.1, 0.15) is 30.8 Å². The van der Waals surface area contributed by atoms with Crippen molar-refractivity contribution in [2.45, 2.75) is 65.0 Å². The van der Waals surface area contributed by atoms with Crippen molar-refractivity contribution in [1.82, 2.24) is 14.6 Å². The summed E-state index contributed by atoms with van der Waals surface area (Å²) in [5.41, 5.74) is 4.62. The molecule has 1 aromatic rings. The van der Waals surface area contributed by atoms with Crippen LogP contribution >= 0.6 is 8.18 Å². The Bertz CT molecular complexity index is 776. The minimum Gasteiger partial charge on any atom is -0.462 e. The molecule has 0 fully saturated rings. The highest BCUT2D eigenvalue weighted by Crippen LogP contribution is 2.29. The number of carbonyl (C=O) groups is 1. The first-order valence-electron chi connectivity index (χ1n) is 8.89. The molecule has 0 spiro atoms. The summed E-state index contributed by atoms with van der Waals surface area (Å²) in [6, 6.07) is 0.365. The standard InChI is InChI=1S/C16H28FN4O7P/c1-9(2)27-14(23)10(3)20-29(25)26-8-16(17,11(4)22)28-12(5)21-7-6-13(18)19-15(21)24/h6-7,9-12,22,29H,8H2,1-5H3,(H,20,25)(H2,18,19,24)/t10-,11-,12+,16+/m0/s1. The highest BCUT2D eigenvalue weighted by molar-refractivity contribution is 7.36. The quantitative estimate of drug-likeness (QED) is 0.333. The van der Waals surface area contributed by atoms with Crippen LogP contribution in [0.15, 0.2) is 17.1 Å². The van der Waals surface area contributed by atoms with Gasteiger partial charge in [0.25, 0.3) is 14.0 Å². The van der Waals surface area contributed by atoms with Crippen molar-refractivity contribution >= 4 is 20.0 Å². The number of alkyl halides is 1. The second-order valence-corrected chi connectivity index (χ2v) is 7.80. The van der Waals surface area contributed by atoms with Crippen LogP contribution in [0.5, 0.6) is 0 Å². The Labute approximate surface area is 168 Å². The molecule has 5 atom stereocenters. The number of nitrogens with two attached hydrogens (primary N) is 1. The molecule has 0 aliphatic carbocycles. The molecule has 11 nitrogen and oxygen atoms in total. The molecule has 1 unspecified atom stereocenters. The lowest BCUT2D eigenvalue weighted by molar-refractivity contribution is -0.253. The number of nitrogen functional groups attached to an aromatic ring is 1. The molecule has 0 aliphatic heterocycles. The molecule has 13 heteroatoms. The normalized spacial score (nSPS) is 17.9. The van der Waals surface area contributed by atoms with E-state index in [-0.39, 0.29) is 11.9 Å². The van der Waals surface area contributed by atoms with Crippen LogP contribution in [0.1, 0.15) is 40.8 Å². The number of halogens is 1. The Morgan fingerprint density at radius 2 is 2.03 bits per heavy atom. The van der Waals surface area contributed by atoms with Gasteiger partial charge in [-0.1, -0.05) is 0 Å². The third-order valence-corrected chi connectivity index (χ3v) is 4.75. The number of aliphatic hydroxyl groups is 1. The van der Waals surface area contributed by atoms with Crippen molar-refractivity contribution in [3.63, 3.8) is 0 Å². The van der Waals surface area contributed by atoms with Gasteiger partial charge in [-0.25, -0.2) is 14.3 Å². The van der Waals surface area contributed by atoms with E-state index in [1.54, 1.807) is 13.8 Å². The van der Waals surface area contributed by atoms with Gasteiger partial charge in [0, 0.05) is 6.20 Å². The van der Waals surface area contributed by atoms with Crippen molar-refractivity contribution < 1.29 is 32.9 Å². The number of aliphatic hydroxyl groups excluding tert-OH is 1. The van der Waals surface area contributed by atoms with Gasteiger partial charge in [0.05, 0.1) is 6.10 Å². The first-order chi connectivity index (χ1) is 13.4. The topological polar surface area (TPSA) is 155 Å². The third-order valence-electron chi connectivity index (χ3n) is 3.67. The van der Waals surface area contributed by atoms with Gasteiger partial charge >= 0.3 is 11.7 Å². The van der Waals surface area contributed by atoms with Crippen LogP contribution in [0, 0.1) is 0 Å². The van der Waals surface area contributed by atoms with Gasteiger partial charge < -0.3 is 24.8 Å². The fourth-order valence-electron chi connectivity index (χ4n) is 2.07. The van der Waals surface area contributed by atoms with Crippen molar-refractivity contribution in [3.8, 4) is 0 Å². The molecule has 0 radical (unpaired) electrons. The molecule has 0 bridgehead atoms. The Morgan fingerprint density at radius 1 is 1.41 bits per heavy atom. The zero-order chi connectivity index (χ0) is 22.4. The molecule has 1 aromatic heterocycles. The lowest BCUT2D eigenvalue weighted by Gasteiger charge is -2.31. The van der Waals surface area contributed by atoms with E-state index < -0.39 is 50.7 Å². The number of rotatable bonds is 11. The third kappa shape index (κ3) is 7.82. The van der Waals surface area contributed by atoms with Gasteiger partial charge in [0.2, 0.25) is 0 Å². The first-order valence-corrected chi connectivity index (χ1v) is 10.2. The van der Waals surface area contributed by atoms with E-state index in [2.05, 4.69) is 10.1 Å². The van der Waals surface area contributed by atoms with Crippen LogP contribution in [0.25, 0.3) is 0 Å². The number of hydrogen-bond acceptors (Lipinski definition) is 9. The molecular formula is C16H28FN4O7P. The molecule has 4 N–H and O–H groups in total. The van der Waals surface area contributed by atoms with E-state index in [1.165, 1.54) is 26.1 Å². The number of nitrogens with zero attached hydrogens (tertiary/aromatic N) is 2. The van der Waals surface area contributed by atoms with E-state index in [1.807, 2.05) is 0 Å². The van der Waals surface area contributed by atoms with Gasteiger partial charge in [-0.15, -0.1) is 0 Å². The minimum atomic E-state index is -3.08. The Hall–Kier alpha value is -1.85. The van der Waals surface area contributed by atoms with Gasteiger partial charge in [-0.2, -0.15) is 4.98 Å². The number of nitrogens with one attached hydrogen (secondary N) is 1. The second kappa shape index (κ2) is 10.8. The average molecular weight is 438 g/mol. The monoisotopic (exact) mass is 438 g/mol. The van der Waals surface area contributed by atoms with E-state index >= 15 is 4.39 Å². The van der Waals surface area contributed by atoms with Crippen molar-refractivity contribution in [2.24, 2.45) is 0 Å². The first kappa shape index (κ1) is 25.2. The van der Waals surface area contributed by atoms with Crippen molar-refractivity contribution in [3.05, 3.63) is 22.7 Å². The predicted octanol–water partition coefficient (Wildman–Crippen LogP) is 0.743. The fourth-order valence-corrected chi connectivity index (χ4v) is 2.95. The predicted molar refractivity (Wildman–Crippen MR) is 103 cm³/mol. The number of carbonyl (C=O) groups excluding carboxylic acids is 1. The maximum absolute atomic E-state index is 15.1. The summed E-state index contributed by atoms with van der Waals surface area (Å²) in [5.74, 6) is -3.47. The van der Waals surface area contributed by atoms with Gasteiger partial charge in [-0.05, 0) is 40.7 Å². The molecule has 1 heterocycles. The summed E-state index contributed by atoms with van der Waals surface area (Å²) < 4.78 is 43.1. The van der Waals surface area contributed by atoms with Gasteiger partial charge in [0.15, 0.2) is 0 Å². The molecule has 166 valence electrons. The highest BCUT2D eigenvalue weighted by atomic mass is 31.1. The maximum atomic E-state index is 15.1. The van der Waals surface area contributed by atoms with E-state index in [9.17, 15) is 19.3 Å². The fraction of sp³-hybridized carbons (Fsp3) is 0.688. The smallest absolute Gasteiger partial charge is 0.351 e. The van der Waals surface area contributed by atoms with Crippen molar-refractivity contribution in [1.29, 1.82) is 0 Å². The summed E-state index contributed by atoms with van der Waals surface area (Å²) in [7, 11) is -3.08. The van der Waals surface area contributed by atoms with E-state index in [4.69, 9.17) is 19.7 Å². The number of ether oxygens (including phenoxy) is 2. The molecule has 0 amide bonds. The SMILES string of the molecule is CC(C)OC(=O)[C@H](C)N[PH](=O)OC[C@@](F)(O[C@H](C)n1ccc(N)nc1=O)[C@H](C)O. The Balaban J connectivity index is 2.74. The Morgan fingerprint density at radius 3 is 2.55 bits per heavy atom. The van der Waals surface area contributed by atoms with Crippen molar-refractivity contribution in [2.75, 3.05) is 12.3 Å². The van der Waals surface area contributed by atoms with Crippen LogP contribution < -0.4 is 16.5 Å². The lowest BCUT2D eigenvalue weighted by Crippen LogP contribution is -2.45.